The number of alkyl halides is 3. The average molecular weight is 437 g/mol. The van der Waals surface area contributed by atoms with Crippen LogP contribution in [-0.2, 0) is 20.5 Å². The van der Waals surface area contributed by atoms with Crippen LogP contribution in [0, 0.1) is 0 Å². The van der Waals surface area contributed by atoms with Crippen molar-refractivity contribution in [2.75, 3.05) is 41.8 Å². The number of ether oxygens (including phenoxy) is 1. The summed E-state index contributed by atoms with van der Waals surface area (Å²) in [5.41, 5.74) is -1.67. The van der Waals surface area contributed by atoms with Crippen LogP contribution < -0.4 is 21.1 Å². The summed E-state index contributed by atoms with van der Waals surface area (Å²) in [5, 5.41) is 4.87. The van der Waals surface area contributed by atoms with Gasteiger partial charge in [0.05, 0.1) is 30.3 Å². The van der Waals surface area contributed by atoms with Crippen molar-refractivity contribution in [2.24, 2.45) is 0 Å². The molecule has 31 heavy (non-hydrogen) atoms. The number of morpholine rings is 1. The van der Waals surface area contributed by atoms with E-state index in [0.29, 0.717) is 26.3 Å². The Balaban J connectivity index is 1.62. The van der Waals surface area contributed by atoms with Crippen LogP contribution in [0.1, 0.15) is 23.5 Å². The van der Waals surface area contributed by atoms with E-state index in [0.717, 1.165) is 18.2 Å². The third kappa shape index (κ3) is 4.38. The van der Waals surface area contributed by atoms with Crippen LogP contribution in [-0.4, -0.2) is 48.1 Å². The maximum absolute atomic E-state index is 12.9. The number of hydrogen-bond acceptors (Lipinski definition) is 6. The van der Waals surface area contributed by atoms with Crippen molar-refractivity contribution < 1.29 is 27.5 Å². The Morgan fingerprint density at radius 1 is 1.23 bits per heavy atom. The van der Waals surface area contributed by atoms with Crippen LogP contribution in [0.25, 0.3) is 0 Å². The Bertz CT molecular complexity index is 1080. The van der Waals surface area contributed by atoms with E-state index in [2.05, 4.69) is 20.6 Å². The van der Waals surface area contributed by atoms with Gasteiger partial charge in [-0.2, -0.15) is 18.2 Å². The number of fused-ring (bicyclic) bond motifs is 1. The van der Waals surface area contributed by atoms with Crippen LogP contribution in [0.3, 0.4) is 0 Å². The predicted molar refractivity (Wildman–Crippen MR) is 104 cm³/mol. The van der Waals surface area contributed by atoms with E-state index in [4.69, 9.17) is 4.74 Å². The molecule has 2 amide bonds. The highest BCUT2D eigenvalue weighted by Gasteiger charge is 2.36. The average Bonchev–Trinajstić information content (AvgIpc) is 2.73. The maximum atomic E-state index is 12.9. The number of amides is 2. The highest BCUT2D eigenvalue weighted by Crippen LogP contribution is 2.33. The Kier molecular flexibility index (Phi) is 5.39. The molecule has 0 bridgehead atoms. The van der Waals surface area contributed by atoms with E-state index in [1.165, 1.54) is 6.07 Å². The lowest BCUT2D eigenvalue weighted by molar-refractivity contribution is -0.137. The number of hydrogen-bond donors (Lipinski definition) is 3. The van der Waals surface area contributed by atoms with Crippen molar-refractivity contribution in [3.63, 3.8) is 0 Å². The monoisotopic (exact) mass is 437 g/mol. The van der Waals surface area contributed by atoms with Crippen molar-refractivity contribution in [1.82, 2.24) is 9.97 Å². The highest BCUT2D eigenvalue weighted by molar-refractivity contribution is 6.04. The third-order valence-electron chi connectivity index (χ3n) is 5.02. The molecule has 1 aromatic heterocycles. The normalized spacial score (nSPS) is 18.9. The number of H-pyrrole nitrogens is 1. The molecule has 0 saturated carbocycles. The lowest BCUT2D eigenvalue weighted by atomic mass is 9.92. The third-order valence-corrected chi connectivity index (χ3v) is 5.02. The topological polar surface area (TPSA) is 116 Å². The number of carbonyl (C=O) groups is 2. The molecule has 12 heteroatoms. The number of nitrogens with zero attached hydrogens (tertiary/aromatic N) is 2. The standard InChI is InChI=1S/C19H18F3N5O4/c20-19(21,22)10-2-1-3-11(8-10)23-16(29)12-9-13(28)24-15-14(12)17(30)26-18(25-15)27-4-6-31-7-5-27/h1-3,8,12H,4-7,9H2,(H,23,29)(H2,24,25,26,28,30)/t12-/m0/s1. The van der Waals surface area contributed by atoms with Crippen LogP contribution in [0.4, 0.5) is 30.6 Å². The zero-order valence-electron chi connectivity index (χ0n) is 16.1. The molecule has 1 aromatic carbocycles. The van der Waals surface area contributed by atoms with E-state index >= 15 is 0 Å². The van der Waals surface area contributed by atoms with Crippen molar-refractivity contribution >= 4 is 29.3 Å². The molecular weight excluding hydrogens is 419 g/mol. The smallest absolute Gasteiger partial charge is 0.378 e. The van der Waals surface area contributed by atoms with Crippen molar-refractivity contribution in [2.45, 2.75) is 18.5 Å². The van der Waals surface area contributed by atoms with Crippen molar-refractivity contribution in [3.05, 3.63) is 45.7 Å². The number of nitrogens with one attached hydrogen (secondary N) is 3. The molecule has 164 valence electrons. The molecule has 9 nitrogen and oxygen atoms in total. The van der Waals surface area contributed by atoms with Gasteiger partial charge in [0.25, 0.3) is 5.56 Å². The first-order valence-electron chi connectivity index (χ1n) is 9.47. The Morgan fingerprint density at radius 2 is 1.97 bits per heavy atom. The van der Waals surface area contributed by atoms with Crippen LogP contribution in [0.15, 0.2) is 29.1 Å². The van der Waals surface area contributed by atoms with Gasteiger partial charge in [-0.3, -0.25) is 19.4 Å². The molecule has 3 N–H and O–H groups in total. The summed E-state index contributed by atoms with van der Waals surface area (Å²) in [6.45, 7) is 1.90. The van der Waals surface area contributed by atoms with Gasteiger partial charge in [0.1, 0.15) is 5.82 Å². The largest absolute Gasteiger partial charge is 0.416 e. The fraction of sp³-hybridized carbons (Fsp3) is 0.368. The summed E-state index contributed by atoms with van der Waals surface area (Å²) in [7, 11) is 0. The second-order valence-corrected chi connectivity index (χ2v) is 7.12. The van der Waals surface area contributed by atoms with E-state index in [9.17, 15) is 27.6 Å². The zero-order chi connectivity index (χ0) is 22.2. The molecule has 1 fully saturated rings. The van der Waals surface area contributed by atoms with Gasteiger partial charge >= 0.3 is 6.18 Å². The summed E-state index contributed by atoms with van der Waals surface area (Å²) in [4.78, 5) is 46.4. The van der Waals surface area contributed by atoms with Gasteiger partial charge in [-0.1, -0.05) is 6.07 Å². The molecule has 2 aliphatic heterocycles. The molecule has 4 rings (SSSR count). The minimum absolute atomic E-state index is 0.0364. The molecule has 0 radical (unpaired) electrons. The van der Waals surface area contributed by atoms with Crippen LogP contribution in [0.2, 0.25) is 0 Å². The zero-order valence-corrected chi connectivity index (χ0v) is 16.1. The van der Waals surface area contributed by atoms with Gasteiger partial charge in [-0.05, 0) is 18.2 Å². The highest BCUT2D eigenvalue weighted by atomic mass is 19.4. The summed E-state index contributed by atoms with van der Waals surface area (Å²) in [6.07, 6.45) is -4.91. The minimum atomic E-state index is -4.57. The minimum Gasteiger partial charge on any atom is -0.378 e. The molecule has 3 heterocycles. The van der Waals surface area contributed by atoms with Gasteiger partial charge in [-0.25, -0.2) is 0 Å². The number of carbonyl (C=O) groups excluding carboxylic acids is 2. The SMILES string of the molecule is O=C1C[C@H](C(=O)Nc2cccc(C(F)(F)F)c2)c2c(nc(N3CCOCC3)[nH]c2=O)N1. The maximum Gasteiger partial charge on any atom is 0.416 e. The van der Waals surface area contributed by atoms with Gasteiger partial charge in [0.15, 0.2) is 0 Å². The summed E-state index contributed by atoms with van der Waals surface area (Å²) < 4.78 is 44.0. The first-order valence-corrected chi connectivity index (χ1v) is 9.47. The summed E-state index contributed by atoms with van der Waals surface area (Å²) in [6, 6.07) is 4.11. The number of aromatic amines is 1. The van der Waals surface area contributed by atoms with Crippen molar-refractivity contribution in [3.8, 4) is 0 Å². The Morgan fingerprint density at radius 3 is 2.68 bits per heavy atom. The van der Waals surface area contributed by atoms with Gasteiger partial charge in [0.2, 0.25) is 17.8 Å². The van der Waals surface area contributed by atoms with Gasteiger partial charge in [0, 0.05) is 25.2 Å². The molecule has 1 saturated heterocycles. The predicted octanol–water partition coefficient (Wildman–Crippen LogP) is 1.69. The quantitative estimate of drug-likeness (QED) is 0.673. The summed E-state index contributed by atoms with van der Waals surface area (Å²) in [5.74, 6) is -2.30. The molecule has 2 aliphatic rings. The van der Waals surface area contributed by atoms with E-state index in [1.807, 2.05) is 0 Å². The molecule has 0 aliphatic carbocycles. The number of aromatic nitrogens is 2. The second kappa shape index (κ2) is 8.02. The van der Waals surface area contributed by atoms with Crippen LogP contribution in [0.5, 0.6) is 0 Å². The molecular formula is C19H18F3N5O4. The van der Waals surface area contributed by atoms with Gasteiger partial charge < -0.3 is 20.3 Å². The number of benzene rings is 1. The number of anilines is 3. The number of halogens is 3. The van der Waals surface area contributed by atoms with Crippen molar-refractivity contribution in [1.29, 1.82) is 0 Å². The first-order chi connectivity index (χ1) is 14.7. The molecule has 0 spiro atoms. The fourth-order valence-electron chi connectivity index (χ4n) is 3.51. The summed E-state index contributed by atoms with van der Waals surface area (Å²) >= 11 is 0. The van der Waals surface area contributed by atoms with E-state index in [1.54, 1.807) is 4.90 Å². The molecule has 0 unspecified atom stereocenters. The number of rotatable bonds is 3. The fourth-order valence-corrected chi connectivity index (χ4v) is 3.51. The lowest BCUT2D eigenvalue weighted by Gasteiger charge is -2.29. The van der Waals surface area contributed by atoms with Crippen LogP contribution >= 0.6 is 0 Å². The molecule has 2 aromatic rings. The lowest BCUT2D eigenvalue weighted by Crippen LogP contribution is -2.41. The molecule has 1 atom stereocenters. The Labute approximate surface area is 173 Å². The second-order valence-electron chi connectivity index (χ2n) is 7.12. The van der Waals surface area contributed by atoms with E-state index in [-0.39, 0.29) is 29.4 Å². The van der Waals surface area contributed by atoms with Gasteiger partial charge in [-0.15, -0.1) is 0 Å². The Hall–Kier alpha value is -3.41. The van der Waals surface area contributed by atoms with E-state index < -0.39 is 35.0 Å². The first kappa shape index (κ1) is 20.8.